The predicted octanol–water partition coefficient (Wildman–Crippen LogP) is 2.14. The molecule has 0 fully saturated rings. The molecular weight excluding hydrogens is 356 g/mol. The van der Waals surface area contributed by atoms with Crippen LogP contribution < -0.4 is 20.1 Å². The molecule has 7 heteroatoms. The van der Waals surface area contributed by atoms with Gasteiger partial charge in [0.2, 0.25) is 0 Å². The highest BCUT2D eigenvalue weighted by Crippen LogP contribution is 2.13. The Bertz CT molecular complexity index is 790. The zero-order valence-electron chi connectivity index (χ0n) is 16.9. The number of guanidine groups is 1. The molecule has 1 amide bonds. The monoisotopic (exact) mass is 384 g/mol. The summed E-state index contributed by atoms with van der Waals surface area (Å²) in [6, 6.07) is 15.0. The van der Waals surface area contributed by atoms with Crippen molar-refractivity contribution < 1.29 is 14.3 Å². The first-order valence-electron chi connectivity index (χ1n) is 9.04. The minimum absolute atomic E-state index is 0.137. The molecule has 0 saturated carbocycles. The Kier molecular flexibility index (Phi) is 8.14. The van der Waals surface area contributed by atoms with Crippen molar-refractivity contribution in [1.82, 2.24) is 15.5 Å². The number of carbonyl (C=O) groups excluding carboxylic acids is 1. The third-order valence-corrected chi connectivity index (χ3v) is 4.18. The van der Waals surface area contributed by atoms with Crippen LogP contribution in [-0.2, 0) is 6.54 Å². The second kappa shape index (κ2) is 10.8. The normalized spacial score (nSPS) is 10.9. The van der Waals surface area contributed by atoms with Crippen LogP contribution in [0.2, 0.25) is 0 Å². The summed E-state index contributed by atoms with van der Waals surface area (Å²) < 4.78 is 10.3. The van der Waals surface area contributed by atoms with Crippen molar-refractivity contribution in [1.29, 1.82) is 0 Å². The van der Waals surface area contributed by atoms with Gasteiger partial charge in [-0.15, -0.1) is 0 Å². The molecule has 150 valence electrons. The molecule has 2 aromatic rings. The first-order valence-corrected chi connectivity index (χ1v) is 9.04. The molecule has 0 heterocycles. The second-order valence-corrected chi connectivity index (χ2v) is 6.17. The van der Waals surface area contributed by atoms with Crippen molar-refractivity contribution in [3.8, 4) is 11.5 Å². The number of rotatable bonds is 8. The molecule has 2 rings (SSSR count). The smallest absolute Gasteiger partial charge is 0.251 e. The van der Waals surface area contributed by atoms with Gasteiger partial charge in [0, 0.05) is 39.3 Å². The fourth-order valence-corrected chi connectivity index (χ4v) is 2.68. The van der Waals surface area contributed by atoms with Crippen molar-refractivity contribution in [2.45, 2.75) is 6.54 Å². The van der Waals surface area contributed by atoms with E-state index >= 15 is 0 Å². The summed E-state index contributed by atoms with van der Waals surface area (Å²) in [5, 5.41) is 6.14. The lowest BCUT2D eigenvalue weighted by molar-refractivity contribution is 0.0954. The van der Waals surface area contributed by atoms with E-state index in [2.05, 4.69) is 15.6 Å². The van der Waals surface area contributed by atoms with Crippen LogP contribution in [0.4, 0.5) is 0 Å². The van der Waals surface area contributed by atoms with E-state index < -0.39 is 0 Å². The van der Waals surface area contributed by atoms with Crippen LogP contribution in [0.3, 0.4) is 0 Å². The fourth-order valence-electron chi connectivity index (χ4n) is 2.68. The number of benzene rings is 2. The van der Waals surface area contributed by atoms with Crippen molar-refractivity contribution in [3.05, 3.63) is 59.7 Å². The maximum Gasteiger partial charge on any atom is 0.251 e. The minimum Gasteiger partial charge on any atom is -0.497 e. The molecule has 28 heavy (non-hydrogen) atoms. The van der Waals surface area contributed by atoms with Crippen LogP contribution >= 0.6 is 0 Å². The number of aliphatic imine (C=N–C) groups is 1. The molecular formula is C21H28N4O3. The van der Waals surface area contributed by atoms with Gasteiger partial charge in [-0.25, -0.2) is 0 Å². The molecule has 0 bridgehead atoms. The van der Waals surface area contributed by atoms with Gasteiger partial charge in [0.25, 0.3) is 5.91 Å². The summed E-state index contributed by atoms with van der Waals surface area (Å²) in [7, 11) is 6.94. The van der Waals surface area contributed by atoms with Gasteiger partial charge in [-0.1, -0.05) is 18.2 Å². The molecule has 0 radical (unpaired) electrons. The summed E-state index contributed by atoms with van der Waals surface area (Å²) in [6.45, 7) is 1.75. The highest BCUT2D eigenvalue weighted by molar-refractivity contribution is 5.94. The van der Waals surface area contributed by atoms with Crippen molar-refractivity contribution in [2.24, 2.45) is 4.99 Å². The molecule has 0 spiro atoms. The Morgan fingerprint density at radius 3 is 2.32 bits per heavy atom. The van der Waals surface area contributed by atoms with E-state index in [0.29, 0.717) is 30.9 Å². The third-order valence-electron chi connectivity index (χ3n) is 4.18. The maximum atomic E-state index is 12.2. The number of amides is 1. The van der Waals surface area contributed by atoms with Gasteiger partial charge >= 0.3 is 0 Å². The van der Waals surface area contributed by atoms with Crippen molar-refractivity contribution in [2.75, 3.05) is 41.4 Å². The fraction of sp³-hybridized carbons (Fsp3) is 0.333. The zero-order chi connectivity index (χ0) is 20.4. The van der Waals surface area contributed by atoms with Gasteiger partial charge in [-0.05, 0) is 35.9 Å². The number of hydrogen-bond acceptors (Lipinski definition) is 4. The molecule has 0 atom stereocenters. The lowest BCUT2D eigenvalue weighted by atomic mass is 10.2. The number of carbonyl (C=O) groups is 1. The quantitative estimate of drug-likeness (QED) is 0.414. The Morgan fingerprint density at radius 2 is 1.68 bits per heavy atom. The van der Waals surface area contributed by atoms with Crippen LogP contribution in [0.1, 0.15) is 15.9 Å². The molecule has 7 nitrogen and oxygen atoms in total. The van der Waals surface area contributed by atoms with Gasteiger partial charge < -0.3 is 25.0 Å². The van der Waals surface area contributed by atoms with Crippen LogP contribution in [-0.4, -0.2) is 58.2 Å². The lowest BCUT2D eigenvalue weighted by Crippen LogP contribution is -2.42. The highest BCUT2D eigenvalue weighted by Gasteiger charge is 2.08. The number of methoxy groups -OCH3 is 2. The summed E-state index contributed by atoms with van der Waals surface area (Å²) in [6.07, 6.45) is 0. The summed E-state index contributed by atoms with van der Waals surface area (Å²) in [5.74, 6) is 2.11. The van der Waals surface area contributed by atoms with Gasteiger partial charge in [0.15, 0.2) is 5.96 Å². The van der Waals surface area contributed by atoms with E-state index in [9.17, 15) is 4.79 Å². The Morgan fingerprint density at radius 1 is 1.00 bits per heavy atom. The summed E-state index contributed by atoms with van der Waals surface area (Å²) in [4.78, 5) is 18.5. The van der Waals surface area contributed by atoms with E-state index in [1.165, 1.54) is 0 Å². The van der Waals surface area contributed by atoms with Gasteiger partial charge in [0.1, 0.15) is 11.5 Å². The van der Waals surface area contributed by atoms with E-state index in [0.717, 1.165) is 17.3 Å². The van der Waals surface area contributed by atoms with Crippen LogP contribution in [0.15, 0.2) is 53.5 Å². The standard InChI is InChI=1S/C21H28N4O3/c1-22-21(25(2)15-16-8-10-18(27-3)11-9-16)24-13-12-23-20(26)17-6-5-7-19(14-17)28-4/h5-11,14H,12-13,15H2,1-4H3,(H,22,24)(H,23,26). The Labute approximate surface area is 166 Å². The van der Waals surface area contributed by atoms with Crippen molar-refractivity contribution >= 4 is 11.9 Å². The molecule has 2 N–H and O–H groups in total. The predicted molar refractivity (Wildman–Crippen MR) is 111 cm³/mol. The maximum absolute atomic E-state index is 12.2. The second-order valence-electron chi connectivity index (χ2n) is 6.17. The van der Waals surface area contributed by atoms with Gasteiger partial charge in [-0.2, -0.15) is 0 Å². The van der Waals surface area contributed by atoms with Crippen molar-refractivity contribution in [3.63, 3.8) is 0 Å². The molecule has 0 unspecified atom stereocenters. The third kappa shape index (κ3) is 6.19. The van der Waals surface area contributed by atoms with Crippen LogP contribution in [0.5, 0.6) is 11.5 Å². The first kappa shape index (κ1) is 21.1. The molecule has 0 aliphatic rings. The van der Waals surface area contributed by atoms with E-state index in [1.807, 2.05) is 36.2 Å². The number of hydrogen-bond donors (Lipinski definition) is 2. The first-order chi connectivity index (χ1) is 13.6. The van der Waals surface area contributed by atoms with Gasteiger partial charge in [-0.3, -0.25) is 9.79 Å². The largest absolute Gasteiger partial charge is 0.497 e. The Balaban J connectivity index is 1.78. The highest BCUT2D eigenvalue weighted by atomic mass is 16.5. The molecule has 0 aliphatic carbocycles. The zero-order valence-corrected chi connectivity index (χ0v) is 16.9. The Hall–Kier alpha value is -3.22. The molecule has 0 aromatic heterocycles. The van der Waals surface area contributed by atoms with E-state index in [1.54, 1.807) is 45.5 Å². The molecule has 0 saturated heterocycles. The SMILES string of the molecule is CN=C(NCCNC(=O)c1cccc(OC)c1)N(C)Cc1ccc(OC)cc1. The van der Waals surface area contributed by atoms with Crippen LogP contribution in [0.25, 0.3) is 0 Å². The van der Waals surface area contributed by atoms with E-state index in [-0.39, 0.29) is 5.91 Å². The topological polar surface area (TPSA) is 75.2 Å². The van der Waals surface area contributed by atoms with E-state index in [4.69, 9.17) is 9.47 Å². The number of nitrogens with zero attached hydrogens (tertiary/aromatic N) is 2. The average molecular weight is 384 g/mol. The summed E-state index contributed by atoms with van der Waals surface area (Å²) in [5.41, 5.74) is 1.72. The van der Waals surface area contributed by atoms with Gasteiger partial charge in [0.05, 0.1) is 14.2 Å². The lowest BCUT2D eigenvalue weighted by Gasteiger charge is -2.22. The number of nitrogens with one attached hydrogen (secondary N) is 2. The summed E-state index contributed by atoms with van der Waals surface area (Å²) >= 11 is 0. The molecule has 2 aromatic carbocycles. The average Bonchev–Trinajstić information content (AvgIpc) is 2.74. The molecule has 0 aliphatic heterocycles. The number of ether oxygens (including phenoxy) is 2. The minimum atomic E-state index is -0.137. The van der Waals surface area contributed by atoms with Crippen LogP contribution in [0, 0.1) is 0 Å².